The lowest BCUT2D eigenvalue weighted by atomic mass is 9.83. The minimum Gasteiger partial charge on any atom is -0.464 e. The van der Waals surface area contributed by atoms with Crippen LogP contribution in [0.3, 0.4) is 0 Å². The van der Waals surface area contributed by atoms with Crippen LogP contribution in [0, 0.1) is 23.7 Å². The molecule has 0 aliphatic heterocycles. The van der Waals surface area contributed by atoms with E-state index < -0.39 is 71.6 Å². The van der Waals surface area contributed by atoms with Gasteiger partial charge in [-0.05, 0) is 95.4 Å². The second-order valence-corrected chi connectivity index (χ2v) is 27.0. The minimum absolute atomic E-state index is 0.184. The van der Waals surface area contributed by atoms with Crippen LogP contribution in [0.2, 0.25) is 0 Å². The Labute approximate surface area is 592 Å². The smallest absolute Gasteiger partial charge is 0.307 e. The normalized spacial score (nSPS) is 13.0. The van der Waals surface area contributed by atoms with Crippen molar-refractivity contribution in [3.8, 4) is 0 Å². The van der Waals surface area contributed by atoms with E-state index in [2.05, 4.69) is 73.0 Å². The average Bonchev–Trinajstić information content (AvgIpc) is 0.935. The van der Waals surface area contributed by atoms with Crippen molar-refractivity contribution in [3.63, 3.8) is 0 Å². The summed E-state index contributed by atoms with van der Waals surface area (Å²) in [5.41, 5.74) is 0. The van der Waals surface area contributed by atoms with Gasteiger partial charge in [0.05, 0.1) is 24.7 Å². The van der Waals surface area contributed by atoms with Crippen molar-refractivity contribution in [1.82, 2.24) is 74.7 Å². The minimum atomic E-state index is -1.23. The molecule has 0 bridgehead atoms. The zero-order valence-electron chi connectivity index (χ0n) is 64.7. The van der Waals surface area contributed by atoms with Crippen molar-refractivity contribution < 1.29 is 57.4 Å². The van der Waals surface area contributed by atoms with Gasteiger partial charge < -0.3 is 84.2 Å². The maximum Gasteiger partial charge on any atom is 0.307 e. The number of amides is 5. The Bertz CT molecular complexity index is 2270. The number of unbranched alkanes of at least 4 members (excludes halogenated alkanes) is 1. The van der Waals surface area contributed by atoms with Gasteiger partial charge in [0.2, 0.25) is 29.5 Å². The van der Waals surface area contributed by atoms with Crippen LogP contribution in [-0.4, -0.2) is 379 Å². The number of Topliss-reactive ketones (excluding diaryl/α,β-unsaturated/α-hetero) is 3. The number of rotatable bonds is 62. The van der Waals surface area contributed by atoms with Crippen molar-refractivity contribution >= 4 is 58.8 Å². The fourth-order valence-corrected chi connectivity index (χ4v) is 10.9. The van der Waals surface area contributed by atoms with Crippen molar-refractivity contribution in [3.05, 3.63) is 0 Å². The molecule has 0 radical (unpaired) electrons. The largest absolute Gasteiger partial charge is 0.464 e. The van der Waals surface area contributed by atoms with Crippen LogP contribution in [0.5, 0.6) is 0 Å². The van der Waals surface area contributed by atoms with Crippen LogP contribution < -0.4 is 16.0 Å². The first-order chi connectivity index (χ1) is 46.5. The molecule has 570 valence electrons. The highest BCUT2D eigenvalue weighted by molar-refractivity contribution is 5.97. The monoisotopic (exact) mass is 1390 g/mol. The number of ether oxygens (including phenoxy) is 2. The van der Waals surface area contributed by atoms with Gasteiger partial charge in [-0.2, -0.15) is 0 Å². The molecular weight excluding hydrogens is 1250 g/mol. The van der Waals surface area contributed by atoms with E-state index in [1.54, 1.807) is 38.0 Å². The molecule has 5 amide bonds. The van der Waals surface area contributed by atoms with Gasteiger partial charge in [-0.15, -0.1) is 0 Å². The first-order valence-electron chi connectivity index (χ1n) is 36.5. The molecular formula is C71H139N15O12. The van der Waals surface area contributed by atoms with Crippen molar-refractivity contribution in [1.29, 1.82) is 0 Å². The second kappa shape index (κ2) is 55.6. The number of esters is 2. The van der Waals surface area contributed by atoms with Crippen LogP contribution in [0.25, 0.3) is 0 Å². The molecule has 3 N–H and O–H groups in total. The average molecular weight is 1390 g/mol. The Morgan fingerprint density at radius 3 is 1.07 bits per heavy atom. The molecule has 0 aromatic rings. The molecule has 0 aliphatic carbocycles. The van der Waals surface area contributed by atoms with E-state index in [4.69, 9.17) is 9.47 Å². The molecule has 4 unspecified atom stereocenters. The number of carbonyl (C=O) groups is 10. The van der Waals surface area contributed by atoms with E-state index in [9.17, 15) is 43.2 Å². The predicted octanol–water partition coefficient (Wildman–Crippen LogP) is 1.63. The van der Waals surface area contributed by atoms with E-state index >= 15 is 4.79 Å². The molecule has 0 heterocycles. The first-order valence-corrected chi connectivity index (χ1v) is 36.5. The highest BCUT2D eigenvalue weighted by atomic mass is 16.5. The third-order valence-corrected chi connectivity index (χ3v) is 18.6. The summed E-state index contributed by atoms with van der Waals surface area (Å²) in [6, 6.07) is 0. The van der Waals surface area contributed by atoms with E-state index in [1.807, 2.05) is 80.0 Å². The fourth-order valence-electron chi connectivity index (χ4n) is 10.9. The highest BCUT2D eigenvalue weighted by Crippen LogP contribution is 2.26. The van der Waals surface area contributed by atoms with Crippen molar-refractivity contribution in [2.45, 2.75) is 119 Å². The van der Waals surface area contributed by atoms with Gasteiger partial charge in [0.15, 0.2) is 0 Å². The molecule has 0 saturated carbocycles. The summed E-state index contributed by atoms with van der Waals surface area (Å²) in [6.07, 6.45) is -0.0706. The predicted molar refractivity (Wildman–Crippen MR) is 390 cm³/mol. The lowest BCUT2D eigenvalue weighted by Crippen LogP contribution is -2.42. The molecule has 4 atom stereocenters. The Morgan fingerprint density at radius 1 is 0.347 bits per heavy atom. The zero-order chi connectivity index (χ0) is 74.1. The SMILES string of the molecule is CCCCNC(=O)C(CC(=O)CC(CC(=O)C(CC(=O)CC(CC)C(=O)N(C)CCN(C)CCN(C)CCC(=O)OCCN(CC)CC)CC(=O)N(C)CCN(C)CCN(C)CCC(=O)OCCN(CC)CC)C(=O)N(C)CCN(C)CCNC)CC(=O)N(C)CCN(C)CCNC. The zero-order valence-corrected chi connectivity index (χ0v) is 64.7. The molecule has 0 aliphatic rings. The summed E-state index contributed by atoms with van der Waals surface area (Å²) in [5, 5.41) is 9.14. The van der Waals surface area contributed by atoms with Crippen molar-refractivity contribution in [2.24, 2.45) is 23.7 Å². The molecule has 0 aromatic heterocycles. The Morgan fingerprint density at radius 2 is 0.684 bits per heavy atom. The summed E-state index contributed by atoms with van der Waals surface area (Å²) >= 11 is 0. The molecule has 27 heteroatoms. The van der Waals surface area contributed by atoms with Crippen LogP contribution in [0.15, 0.2) is 0 Å². The Kier molecular flexibility index (Phi) is 52.7. The van der Waals surface area contributed by atoms with Gasteiger partial charge in [-0.3, -0.25) is 47.9 Å². The number of ketones is 3. The van der Waals surface area contributed by atoms with Crippen molar-refractivity contribution in [2.75, 3.05) is 261 Å². The van der Waals surface area contributed by atoms with Gasteiger partial charge in [0, 0.05) is 222 Å². The van der Waals surface area contributed by atoms with Gasteiger partial charge in [-0.25, -0.2) is 0 Å². The number of carbonyl (C=O) groups excluding carboxylic acids is 10. The molecule has 0 fully saturated rings. The quantitative estimate of drug-likeness (QED) is 0.0577. The van der Waals surface area contributed by atoms with E-state index in [1.165, 1.54) is 9.80 Å². The van der Waals surface area contributed by atoms with Gasteiger partial charge in [0.25, 0.3) is 0 Å². The maximum absolute atomic E-state index is 15.1. The maximum atomic E-state index is 15.1. The second-order valence-electron chi connectivity index (χ2n) is 27.0. The van der Waals surface area contributed by atoms with Crippen LogP contribution in [0.1, 0.15) is 119 Å². The van der Waals surface area contributed by atoms with Crippen LogP contribution in [-0.2, 0) is 57.4 Å². The fraction of sp³-hybridized carbons (Fsp3) is 0.859. The molecule has 0 saturated heterocycles. The van der Waals surface area contributed by atoms with Crippen LogP contribution in [0.4, 0.5) is 0 Å². The number of likely N-dealkylation sites (N-methyl/N-ethyl adjacent to an activating group) is 14. The third-order valence-electron chi connectivity index (χ3n) is 18.6. The number of hydrogen-bond acceptors (Lipinski definition) is 22. The van der Waals surface area contributed by atoms with E-state index in [0.29, 0.717) is 137 Å². The van der Waals surface area contributed by atoms with E-state index in [-0.39, 0.29) is 81.8 Å². The Balaban J connectivity index is 6.84. The Hall–Kier alpha value is -5.10. The number of nitrogens with one attached hydrogen (secondary N) is 3. The first kappa shape index (κ1) is 92.9. The van der Waals surface area contributed by atoms with E-state index in [0.717, 1.165) is 45.7 Å². The number of nitrogens with zero attached hydrogens (tertiary/aromatic N) is 12. The summed E-state index contributed by atoms with van der Waals surface area (Å²) < 4.78 is 10.9. The lowest BCUT2D eigenvalue weighted by Gasteiger charge is -2.28. The topological polar surface area (TPSA) is 264 Å². The van der Waals surface area contributed by atoms with Crippen LogP contribution >= 0.6 is 0 Å². The third kappa shape index (κ3) is 43.5. The summed E-state index contributed by atoms with van der Waals surface area (Å²) in [7, 11) is 22.0. The summed E-state index contributed by atoms with van der Waals surface area (Å²) in [4.78, 5) is 163. The molecule has 98 heavy (non-hydrogen) atoms. The standard InChI is InChI=1S/C71H139N15O12/c1-19-25-28-74-69(94)60(57-66(91)82(16)43-39-77(11)33-29-72-7)53-63(88)54-61(71(96)84(18)45-41-78(12)34-30-73-8)55-64(89)59(56-65(90)81(15)44-40-79(13)37-35-75(9)31-26-67(92)97-49-47-85(21-3)22-4)52-62(87)51-58(20-2)70(95)83(17)46-42-80(14)38-36-76(10)32-27-68(93)98-50-48-86(23-5)24-6/h58-61,72-73H,19-57H2,1-18H3,(H,74,94). The van der Waals surface area contributed by atoms with Gasteiger partial charge in [0.1, 0.15) is 30.6 Å². The van der Waals surface area contributed by atoms with Gasteiger partial charge in [-0.1, -0.05) is 48.0 Å². The molecule has 0 rings (SSSR count). The molecule has 0 spiro atoms. The summed E-state index contributed by atoms with van der Waals surface area (Å²) in [5.74, 6) is -8.00. The summed E-state index contributed by atoms with van der Waals surface area (Å²) in [6.45, 7) is 28.2. The lowest BCUT2D eigenvalue weighted by molar-refractivity contribution is -0.145. The van der Waals surface area contributed by atoms with Gasteiger partial charge >= 0.3 is 11.9 Å². The molecule has 27 nitrogen and oxygen atoms in total. The molecule has 0 aromatic carbocycles. The highest BCUT2D eigenvalue weighted by Gasteiger charge is 2.36. The number of hydrogen-bond donors (Lipinski definition) is 3.